The topological polar surface area (TPSA) is 120 Å². The summed E-state index contributed by atoms with van der Waals surface area (Å²) in [5.74, 6) is -0.380. The number of anilines is 1. The van der Waals surface area contributed by atoms with Gasteiger partial charge in [-0.05, 0) is 29.8 Å². The first-order valence-corrected chi connectivity index (χ1v) is 12.5. The normalized spacial score (nSPS) is 11.1. The van der Waals surface area contributed by atoms with Crippen molar-refractivity contribution in [2.75, 3.05) is 40.3 Å². The van der Waals surface area contributed by atoms with Gasteiger partial charge >= 0.3 is 5.97 Å². The fourth-order valence-electron chi connectivity index (χ4n) is 3.52. The second-order valence-electron chi connectivity index (χ2n) is 7.73. The molecule has 0 aliphatic rings. The molecular weight excluding hydrogens is 500 g/mol. The van der Waals surface area contributed by atoms with Crippen LogP contribution in [0.3, 0.4) is 0 Å². The minimum Gasteiger partial charge on any atom is -0.497 e. The van der Waals surface area contributed by atoms with E-state index in [2.05, 4.69) is 5.32 Å². The smallest absolute Gasteiger partial charge is 0.340 e. The van der Waals surface area contributed by atoms with Crippen molar-refractivity contribution in [1.82, 2.24) is 4.31 Å². The van der Waals surface area contributed by atoms with Crippen LogP contribution in [0.15, 0.2) is 71.6 Å². The van der Waals surface area contributed by atoms with Gasteiger partial charge < -0.3 is 24.3 Å². The van der Waals surface area contributed by atoms with Gasteiger partial charge in [-0.1, -0.05) is 30.3 Å². The Bertz CT molecular complexity index is 1340. The number of benzene rings is 3. The predicted molar refractivity (Wildman–Crippen MR) is 137 cm³/mol. The molecule has 196 valence electrons. The zero-order chi connectivity index (χ0) is 27.0. The molecule has 10 nitrogen and oxygen atoms in total. The van der Waals surface area contributed by atoms with Gasteiger partial charge in [0.2, 0.25) is 15.9 Å². The van der Waals surface area contributed by atoms with Crippen LogP contribution in [0.2, 0.25) is 0 Å². The average Bonchev–Trinajstić information content (AvgIpc) is 2.92. The Balaban J connectivity index is 1.95. The lowest BCUT2D eigenvalue weighted by atomic mass is 10.1. The monoisotopic (exact) mass is 528 g/mol. The van der Waals surface area contributed by atoms with E-state index in [1.807, 2.05) is 6.07 Å². The van der Waals surface area contributed by atoms with Crippen molar-refractivity contribution in [3.63, 3.8) is 0 Å². The third kappa shape index (κ3) is 6.57. The number of carbonyl (C=O) groups is 2. The lowest BCUT2D eigenvalue weighted by Crippen LogP contribution is -2.37. The van der Waals surface area contributed by atoms with Crippen LogP contribution < -0.4 is 19.5 Å². The van der Waals surface area contributed by atoms with Crippen LogP contribution in [-0.4, -0.2) is 59.6 Å². The summed E-state index contributed by atoms with van der Waals surface area (Å²) in [5, 5.41) is 2.61. The van der Waals surface area contributed by atoms with Crippen molar-refractivity contribution >= 4 is 27.6 Å². The molecule has 0 heterocycles. The van der Waals surface area contributed by atoms with Crippen molar-refractivity contribution in [3.05, 3.63) is 77.9 Å². The Kier molecular flexibility index (Phi) is 9.10. The predicted octanol–water partition coefficient (Wildman–Crippen LogP) is 3.33. The van der Waals surface area contributed by atoms with Crippen molar-refractivity contribution in [2.24, 2.45) is 0 Å². The highest BCUT2D eigenvalue weighted by molar-refractivity contribution is 7.89. The van der Waals surface area contributed by atoms with E-state index in [1.165, 1.54) is 64.8 Å². The number of nitrogens with zero attached hydrogens (tertiary/aromatic N) is 1. The Labute approximate surface area is 215 Å². The Morgan fingerprint density at radius 3 is 2.03 bits per heavy atom. The van der Waals surface area contributed by atoms with E-state index < -0.39 is 28.4 Å². The van der Waals surface area contributed by atoms with Gasteiger partial charge in [0.15, 0.2) is 11.5 Å². The summed E-state index contributed by atoms with van der Waals surface area (Å²) in [6, 6.07) is 17.5. The van der Waals surface area contributed by atoms with E-state index in [1.54, 1.807) is 24.3 Å². The van der Waals surface area contributed by atoms with Gasteiger partial charge in [0.25, 0.3) is 0 Å². The van der Waals surface area contributed by atoms with Crippen molar-refractivity contribution in [1.29, 1.82) is 0 Å². The summed E-state index contributed by atoms with van der Waals surface area (Å²) in [6.07, 6.45) is 0. The number of nitrogens with one attached hydrogen (secondary N) is 1. The zero-order valence-corrected chi connectivity index (χ0v) is 21.7. The molecule has 0 aliphatic carbocycles. The van der Waals surface area contributed by atoms with Gasteiger partial charge in [-0.2, -0.15) is 4.31 Å². The van der Waals surface area contributed by atoms with E-state index in [-0.39, 0.29) is 34.2 Å². The first-order valence-electron chi connectivity index (χ1n) is 11.1. The van der Waals surface area contributed by atoms with Gasteiger partial charge in [-0.25, -0.2) is 13.2 Å². The summed E-state index contributed by atoms with van der Waals surface area (Å²) < 4.78 is 48.5. The van der Waals surface area contributed by atoms with Gasteiger partial charge in [0, 0.05) is 18.7 Å². The summed E-state index contributed by atoms with van der Waals surface area (Å²) >= 11 is 0. The summed E-state index contributed by atoms with van der Waals surface area (Å²) in [6.45, 7) is -0.587. The first-order chi connectivity index (χ1) is 17.7. The quantitative estimate of drug-likeness (QED) is 0.376. The molecule has 0 saturated heterocycles. The zero-order valence-electron chi connectivity index (χ0n) is 20.9. The number of methoxy groups -OCH3 is 4. The van der Waals surface area contributed by atoms with E-state index >= 15 is 0 Å². The molecular formula is C26H28N2O8S. The first kappa shape index (κ1) is 27.5. The van der Waals surface area contributed by atoms with Gasteiger partial charge in [-0.3, -0.25) is 4.79 Å². The van der Waals surface area contributed by atoms with Crippen LogP contribution in [-0.2, 0) is 26.1 Å². The third-order valence-corrected chi connectivity index (χ3v) is 7.23. The maximum atomic E-state index is 13.5. The average molecular weight is 529 g/mol. The SMILES string of the molecule is COC(=O)c1cc(OC)c(OC)cc1NC(=O)CN(Cc1ccccc1)S(=O)(=O)c1ccc(OC)cc1. The number of amides is 1. The molecule has 0 aliphatic heterocycles. The molecule has 1 N–H and O–H groups in total. The second-order valence-corrected chi connectivity index (χ2v) is 9.66. The number of hydrogen-bond acceptors (Lipinski definition) is 8. The second kappa shape index (κ2) is 12.2. The summed E-state index contributed by atoms with van der Waals surface area (Å²) in [4.78, 5) is 25.5. The minimum absolute atomic E-state index is 0.00148. The summed E-state index contributed by atoms with van der Waals surface area (Å²) in [7, 11) is 1.41. The van der Waals surface area contributed by atoms with Gasteiger partial charge in [-0.15, -0.1) is 0 Å². The largest absolute Gasteiger partial charge is 0.497 e. The number of sulfonamides is 1. The number of esters is 1. The number of hydrogen-bond donors (Lipinski definition) is 1. The highest BCUT2D eigenvalue weighted by Gasteiger charge is 2.28. The molecule has 0 spiro atoms. The molecule has 1 amide bonds. The fourth-order valence-corrected chi connectivity index (χ4v) is 4.91. The highest BCUT2D eigenvalue weighted by atomic mass is 32.2. The van der Waals surface area contributed by atoms with Crippen LogP contribution in [0.5, 0.6) is 17.2 Å². The lowest BCUT2D eigenvalue weighted by molar-refractivity contribution is -0.116. The molecule has 37 heavy (non-hydrogen) atoms. The van der Waals surface area contributed by atoms with Crippen LogP contribution in [0, 0.1) is 0 Å². The Morgan fingerprint density at radius 1 is 0.838 bits per heavy atom. The van der Waals surface area contributed by atoms with E-state index in [9.17, 15) is 18.0 Å². The lowest BCUT2D eigenvalue weighted by Gasteiger charge is -2.22. The fraction of sp³-hybridized carbons (Fsp3) is 0.231. The van der Waals surface area contributed by atoms with E-state index in [0.29, 0.717) is 11.3 Å². The van der Waals surface area contributed by atoms with Crippen molar-refractivity contribution in [3.8, 4) is 17.2 Å². The van der Waals surface area contributed by atoms with Crippen molar-refractivity contribution < 1.29 is 37.0 Å². The highest BCUT2D eigenvalue weighted by Crippen LogP contribution is 2.34. The summed E-state index contributed by atoms with van der Waals surface area (Å²) in [5.41, 5.74) is 0.783. The maximum Gasteiger partial charge on any atom is 0.340 e. The van der Waals surface area contributed by atoms with Gasteiger partial charge in [0.05, 0.1) is 51.1 Å². The van der Waals surface area contributed by atoms with Crippen LogP contribution >= 0.6 is 0 Å². The van der Waals surface area contributed by atoms with Gasteiger partial charge in [0.1, 0.15) is 5.75 Å². The molecule has 0 atom stereocenters. The molecule has 0 saturated carbocycles. The molecule has 11 heteroatoms. The molecule has 0 radical (unpaired) electrons. The van der Waals surface area contributed by atoms with E-state index in [0.717, 1.165) is 4.31 Å². The van der Waals surface area contributed by atoms with E-state index in [4.69, 9.17) is 18.9 Å². The molecule has 3 rings (SSSR count). The van der Waals surface area contributed by atoms with Crippen molar-refractivity contribution in [2.45, 2.75) is 11.4 Å². The van der Waals surface area contributed by atoms with Crippen LogP contribution in [0.1, 0.15) is 15.9 Å². The number of carbonyl (C=O) groups excluding carboxylic acids is 2. The standard InChI is InChI=1S/C26H28N2O8S/c1-33-19-10-12-20(13-11-19)37(31,32)28(16-18-8-6-5-7-9-18)17-25(29)27-22-15-24(35-3)23(34-2)14-21(22)26(30)36-4/h5-15H,16-17H2,1-4H3,(H,27,29). The number of ether oxygens (including phenoxy) is 4. The molecule has 3 aromatic rings. The third-order valence-electron chi connectivity index (χ3n) is 5.42. The van der Waals surface area contributed by atoms with Crippen LogP contribution in [0.4, 0.5) is 5.69 Å². The maximum absolute atomic E-state index is 13.5. The minimum atomic E-state index is -4.09. The van der Waals surface area contributed by atoms with Crippen LogP contribution in [0.25, 0.3) is 0 Å². The Hall–Kier alpha value is -4.09. The molecule has 3 aromatic carbocycles. The Morgan fingerprint density at radius 2 is 1.46 bits per heavy atom. The molecule has 0 fully saturated rings. The number of rotatable bonds is 11. The molecule has 0 unspecified atom stereocenters. The molecule has 0 bridgehead atoms. The molecule has 0 aromatic heterocycles.